The Morgan fingerprint density at radius 3 is 2.72 bits per heavy atom. The fraction of sp³-hybridized carbons (Fsp3) is 0.762. The van der Waals surface area contributed by atoms with E-state index in [1.54, 1.807) is 13.4 Å². The van der Waals surface area contributed by atoms with E-state index < -0.39 is 5.54 Å². The van der Waals surface area contributed by atoms with Crippen molar-refractivity contribution < 1.29 is 14.3 Å². The molecule has 1 atom stereocenters. The molecule has 1 aromatic rings. The Bertz CT molecular complexity index is 740. The molecule has 29 heavy (non-hydrogen) atoms. The predicted molar refractivity (Wildman–Crippen MR) is 108 cm³/mol. The average molecular weight is 404 g/mol. The SMILES string of the molecule is COCC(=O)N1CCc2[nH]cnc2C12CCN(C(=O)C[C@@H]1CCCCN1C)CC2. The van der Waals surface area contributed by atoms with E-state index in [1.807, 2.05) is 9.80 Å². The highest BCUT2D eigenvalue weighted by molar-refractivity contribution is 5.79. The van der Waals surface area contributed by atoms with Gasteiger partial charge in [-0.1, -0.05) is 6.42 Å². The van der Waals surface area contributed by atoms with Crippen LogP contribution in [-0.4, -0.2) is 89.5 Å². The van der Waals surface area contributed by atoms with Crippen LogP contribution in [0.4, 0.5) is 0 Å². The summed E-state index contributed by atoms with van der Waals surface area (Å²) < 4.78 is 5.13. The molecule has 1 spiro atoms. The first-order chi connectivity index (χ1) is 14.0. The van der Waals surface area contributed by atoms with Gasteiger partial charge in [-0.15, -0.1) is 0 Å². The molecule has 4 rings (SSSR count). The highest BCUT2D eigenvalue weighted by atomic mass is 16.5. The highest BCUT2D eigenvalue weighted by Gasteiger charge is 2.49. The van der Waals surface area contributed by atoms with Gasteiger partial charge in [-0.2, -0.15) is 0 Å². The summed E-state index contributed by atoms with van der Waals surface area (Å²) >= 11 is 0. The number of nitrogens with one attached hydrogen (secondary N) is 1. The van der Waals surface area contributed by atoms with Crippen LogP contribution in [0.3, 0.4) is 0 Å². The van der Waals surface area contributed by atoms with Gasteiger partial charge < -0.3 is 24.4 Å². The van der Waals surface area contributed by atoms with Crippen molar-refractivity contribution in [3.63, 3.8) is 0 Å². The second kappa shape index (κ2) is 8.44. The van der Waals surface area contributed by atoms with Gasteiger partial charge in [0.25, 0.3) is 0 Å². The van der Waals surface area contributed by atoms with Crippen molar-refractivity contribution >= 4 is 11.8 Å². The fourth-order valence-electron chi connectivity index (χ4n) is 5.41. The summed E-state index contributed by atoms with van der Waals surface area (Å²) in [4.78, 5) is 39.9. The number of hydrogen-bond donors (Lipinski definition) is 1. The van der Waals surface area contributed by atoms with Crippen LogP contribution in [0, 0.1) is 0 Å². The Morgan fingerprint density at radius 2 is 2.00 bits per heavy atom. The van der Waals surface area contributed by atoms with Crippen molar-refractivity contribution in [3.05, 3.63) is 17.7 Å². The van der Waals surface area contributed by atoms with Crippen LogP contribution in [0.5, 0.6) is 0 Å². The Morgan fingerprint density at radius 1 is 1.21 bits per heavy atom. The van der Waals surface area contributed by atoms with Crippen LogP contribution in [0.15, 0.2) is 6.33 Å². The van der Waals surface area contributed by atoms with Gasteiger partial charge in [-0.25, -0.2) is 4.98 Å². The number of carbonyl (C=O) groups excluding carboxylic acids is 2. The van der Waals surface area contributed by atoms with E-state index in [0.717, 1.165) is 43.6 Å². The van der Waals surface area contributed by atoms with E-state index >= 15 is 0 Å². The maximum atomic E-state index is 13.0. The molecule has 4 heterocycles. The minimum Gasteiger partial charge on any atom is -0.375 e. The van der Waals surface area contributed by atoms with Gasteiger partial charge >= 0.3 is 0 Å². The zero-order chi connectivity index (χ0) is 20.4. The standard InChI is InChI=1S/C21H33N5O3/c1-24-9-4-3-5-16(24)13-18(27)25-11-7-21(8-12-25)20-17(22-15-23-20)6-10-26(21)19(28)14-29-2/h15-16H,3-14H2,1-2H3,(H,22,23)/t16-/m0/s1. The molecular weight excluding hydrogens is 370 g/mol. The van der Waals surface area contributed by atoms with Gasteiger partial charge in [-0.3, -0.25) is 9.59 Å². The molecule has 0 aliphatic carbocycles. The number of carbonyl (C=O) groups is 2. The van der Waals surface area contributed by atoms with E-state index in [4.69, 9.17) is 4.74 Å². The van der Waals surface area contributed by atoms with Crippen molar-refractivity contribution in [2.75, 3.05) is 46.9 Å². The number of likely N-dealkylation sites (tertiary alicyclic amines) is 2. The van der Waals surface area contributed by atoms with Crippen molar-refractivity contribution in [2.24, 2.45) is 0 Å². The first-order valence-corrected chi connectivity index (χ1v) is 10.9. The number of rotatable bonds is 4. The van der Waals surface area contributed by atoms with Gasteiger partial charge in [-0.05, 0) is 39.3 Å². The number of fused-ring (bicyclic) bond motifs is 2. The average Bonchev–Trinajstić information content (AvgIpc) is 3.21. The van der Waals surface area contributed by atoms with Crippen LogP contribution in [0.25, 0.3) is 0 Å². The molecule has 2 fully saturated rings. The van der Waals surface area contributed by atoms with Gasteiger partial charge in [0.2, 0.25) is 11.8 Å². The number of piperidine rings is 2. The first kappa shape index (κ1) is 20.3. The lowest BCUT2D eigenvalue weighted by molar-refractivity contribution is -0.148. The van der Waals surface area contributed by atoms with Crippen molar-refractivity contribution in [3.8, 4) is 0 Å². The molecule has 160 valence electrons. The van der Waals surface area contributed by atoms with E-state index in [9.17, 15) is 9.59 Å². The van der Waals surface area contributed by atoms with E-state index in [2.05, 4.69) is 21.9 Å². The number of nitrogens with zero attached hydrogens (tertiary/aromatic N) is 4. The number of amides is 2. The largest absolute Gasteiger partial charge is 0.375 e. The van der Waals surface area contributed by atoms with Crippen molar-refractivity contribution in [1.82, 2.24) is 24.7 Å². The van der Waals surface area contributed by atoms with Crippen LogP contribution >= 0.6 is 0 Å². The molecule has 0 unspecified atom stereocenters. The highest BCUT2D eigenvalue weighted by Crippen LogP contribution is 2.42. The molecule has 8 nitrogen and oxygen atoms in total. The molecule has 0 bridgehead atoms. The van der Waals surface area contributed by atoms with Gasteiger partial charge in [0.1, 0.15) is 6.61 Å². The molecule has 1 aromatic heterocycles. The molecule has 3 aliphatic rings. The Kier molecular flexibility index (Phi) is 5.92. The number of hydrogen-bond acceptors (Lipinski definition) is 5. The molecule has 0 aromatic carbocycles. The quantitative estimate of drug-likeness (QED) is 0.815. The molecule has 1 N–H and O–H groups in total. The molecule has 8 heteroatoms. The first-order valence-electron chi connectivity index (χ1n) is 10.9. The van der Waals surface area contributed by atoms with Crippen LogP contribution < -0.4 is 0 Å². The van der Waals surface area contributed by atoms with Gasteiger partial charge in [0.05, 0.1) is 17.6 Å². The summed E-state index contributed by atoms with van der Waals surface area (Å²) in [5.41, 5.74) is 1.67. The maximum Gasteiger partial charge on any atom is 0.249 e. The summed E-state index contributed by atoms with van der Waals surface area (Å²) in [6, 6.07) is 0.361. The van der Waals surface area contributed by atoms with Crippen molar-refractivity contribution in [2.45, 2.75) is 56.5 Å². The minimum absolute atomic E-state index is 0.00440. The Labute approximate surface area is 172 Å². The Hall–Kier alpha value is -1.93. The van der Waals surface area contributed by atoms with Crippen molar-refractivity contribution in [1.29, 1.82) is 0 Å². The summed E-state index contributed by atoms with van der Waals surface area (Å²) in [6.45, 7) is 3.16. The number of aromatic amines is 1. The monoisotopic (exact) mass is 403 g/mol. The van der Waals surface area contributed by atoms with Crippen LogP contribution in [0.1, 0.15) is 49.9 Å². The third-order valence-corrected chi connectivity index (χ3v) is 7.11. The van der Waals surface area contributed by atoms with Gasteiger partial charge in [0, 0.05) is 51.3 Å². The topological polar surface area (TPSA) is 81.8 Å². The second-order valence-electron chi connectivity index (χ2n) is 8.70. The normalized spacial score (nSPS) is 24.6. The summed E-state index contributed by atoms with van der Waals surface area (Å²) in [6.07, 6.45) is 8.11. The molecule has 0 radical (unpaired) electrons. The summed E-state index contributed by atoms with van der Waals surface area (Å²) in [5, 5.41) is 0. The molecule has 2 amide bonds. The third-order valence-electron chi connectivity index (χ3n) is 7.11. The van der Waals surface area contributed by atoms with E-state index in [1.165, 1.54) is 12.8 Å². The summed E-state index contributed by atoms with van der Waals surface area (Å²) in [5.74, 6) is 0.246. The molecule has 2 saturated heterocycles. The number of imidazole rings is 1. The zero-order valence-corrected chi connectivity index (χ0v) is 17.7. The van der Waals surface area contributed by atoms with E-state index in [0.29, 0.717) is 32.1 Å². The number of methoxy groups -OCH3 is 1. The minimum atomic E-state index is -0.429. The van der Waals surface area contributed by atoms with Gasteiger partial charge in [0.15, 0.2) is 0 Å². The molecule has 0 saturated carbocycles. The third kappa shape index (κ3) is 3.80. The lowest BCUT2D eigenvalue weighted by Crippen LogP contribution is -2.59. The fourth-order valence-corrected chi connectivity index (χ4v) is 5.41. The van der Waals surface area contributed by atoms with Crippen LogP contribution in [0.2, 0.25) is 0 Å². The lowest BCUT2D eigenvalue weighted by Gasteiger charge is -2.50. The number of aromatic nitrogens is 2. The lowest BCUT2D eigenvalue weighted by atomic mass is 9.78. The summed E-state index contributed by atoms with van der Waals surface area (Å²) in [7, 11) is 3.68. The zero-order valence-electron chi connectivity index (χ0n) is 17.7. The second-order valence-corrected chi connectivity index (χ2v) is 8.70. The maximum absolute atomic E-state index is 13.0. The number of ether oxygens (including phenoxy) is 1. The molecular formula is C21H33N5O3. The smallest absolute Gasteiger partial charge is 0.249 e. The van der Waals surface area contributed by atoms with E-state index in [-0.39, 0.29) is 18.4 Å². The predicted octanol–water partition coefficient (Wildman–Crippen LogP) is 1.13. The number of H-pyrrole nitrogens is 1. The Balaban J connectivity index is 1.47. The van der Waals surface area contributed by atoms with Crippen LogP contribution in [-0.2, 0) is 26.3 Å². The molecule has 3 aliphatic heterocycles.